The van der Waals surface area contributed by atoms with Crippen LogP contribution in [0.4, 0.5) is 5.69 Å². The van der Waals surface area contributed by atoms with Crippen molar-refractivity contribution in [2.45, 2.75) is 6.10 Å². The number of ether oxygens (including phenoxy) is 1. The lowest BCUT2D eigenvalue weighted by molar-refractivity contribution is 0.117. The van der Waals surface area contributed by atoms with Crippen LogP contribution in [-0.4, -0.2) is 24.4 Å². The van der Waals surface area contributed by atoms with E-state index in [2.05, 4.69) is 5.32 Å². The highest BCUT2D eigenvalue weighted by molar-refractivity contribution is 7.08. The van der Waals surface area contributed by atoms with E-state index in [1.165, 1.54) is 0 Å². The Kier molecular flexibility index (Phi) is 5.34. The Morgan fingerprint density at radius 1 is 1.26 bits per heavy atom. The highest BCUT2D eigenvalue weighted by atomic mass is 35.5. The molecule has 0 radical (unpaired) electrons. The van der Waals surface area contributed by atoms with E-state index >= 15 is 0 Å². The number of benzene rings is 1. The number of nitrogens with one attached hydrogen (secondary N) is 1. The molecule has 1 atom stereocenters. The van der Waals surface area contributed by atoms with E-state index in [4.69, 9.17) is 27.9 Å². The van der Waals surface area contributed by atoms with E-state index in [0.29, 0.717) is 22.3 Å². The number of para-hydroxylation sites is 1. The Balaban J connectivity index is 1.81. The third kappa shape index (κ3) is 4.28. The normalized spacial score (nSPS) is 12.2. The third-order valence-corrected chi connectivity index (χ3v) is 3.68. The van der Waals surface area contributed by atoms with Crippen LogP contribution in [0.3, 0.4) is 0 Å². The van der Waals surface area contributed by atoms with E-state index in [9.17, 15) is 5.11 Å². The second-order valence-corrected chi connectivity index (χ2v) is 5.50. The standard InChI is InChI=1S/C13H13Cl2NO2S/c14-11-2-1-3-12(15)13(11)18-7-10(17)6-16-9-4-5-19-8-9/h1-5,8,10,16-17H,6-7H2. The van der Waals surface area contributed by atoms with Gasteiger partial charge in [-0.1, -0.05) is 29.3 Å². The Morgan fingerprint density at radius 3 is 2.63 bits per heavy atom. The number of anilines is 1. The van der Waals surface area contributed by atoms with Crippen molar-refractivity contribution in [3.8, 4) is 5.75 Å². The number of hydrogen-bond donors (Lipinski definition) is 2. The molecule has 2 N–H and O–H groups in total. The summed E-state index contributed by atoms with van der Waals surface area (Å²) in [6, 6.07) is 7.08. The molecule has 1 heterocycles. The monoisotopic (exact) mass is 317 g/mol. The molecule has 0 fully saturated rings. The van der Waals surface area contributed by atoms with Crippen molar-refractivity contribution in [1.82, 2.24) is 0 Å². The van der Waals surface area contributed by atoms with Gasteiger partial charge in [0.15, 0.2) is 5.75 Å². The molecule has 0 aliphatic carbocycles. The molecule has 19 heavy (non-hydrogen) atoms. The van der Waals surface area contributed by atoms with Gasteiger partial charge in [0.05, 0.1) is 10.0 Å². The van der Waals surface area contributed by atoms with Gasteiger partial charge in [-0.3, -0.25) is 0 Å². The molecule has 0 saturated carbocycles. The highest BCUT2D eigenvalue weighted by Crippen LogP contribution is 2.32. The Morgan fingerprint density at radius 2 is 2.00 bits per heavy atom. The highest BCUT2D eigenvalue weighted by Gasteiger charge is 2.10. The van der Waals surface area contributed by atoms with E-state index in [0.717, 1.165) is 5.69 Å². The fourth-order valence-electron chi connectivity index (χ4n) is 1.46. The molecule has 2 rings (SSSR count). The van der Waals surface area contributed by atoms with E-state index in [1.807, 2.05) is 16.8 Å². The molecule has 0 bridgehead atoms. The molecule has 102 valence electrons. The van der Waals surface area contributed by atoms with Crippen LogP contribution in [0.5, 0.6) is 5.75 Å². The van der Waals surface area contributed by atoms with E-state index in [1.54, 1.807) is 29.5 Å². The summed E-state index contributed by atoms with van der Waals surface area (Å²) in [7, 11) is 0. The summed E-state index contributed by atoms with van der Waals surface area (Å²) < 4.78 is 5.45. The largest absolute Gasteiger partial charge is 0.488 e. The third-order valence-electron chi connectivity index (χ3n) is 2.40. The SMILES string of the molecule is OC(CNc1ccsc1)COc1c(Cl)cccc1Cl. The first-order valence-electron chi connectivity index (χ1n) is 5.68. The summed E-state index contributed by atoms with van der Waals surface area (Å²) in [6.45, 7) is 0.527. The van der Waals surface area contributed by atoms with E-state index in [-0.39, 0.29) is 6.61 Å². The minimum Gasteiger partial charge on any atom is -0.488 e. The molecule has 0 aliphatic heterocycles. The fourth-order valence-corrected chi connectivity index (χ4v) is 2.58. The van der Waals surface area contributed by atoms with Gasteiger partial charge in [0, 0.05) is 17.6 Å². The minimum absolute atomic E-state index is 0.126. The molecular formula is C13H13Cl2NO2S. The zero-order valence-corrected chi connectivity index (χ0v) is 12.3. The summed E-state index contributed by atoms with van der Waals surface area (Å²) in [5.41, 5.74) is 0.986. The van der Waals surface area contributed by atoms with Gasteiger partial charge in [-0.05, 0) is 23.6 Å². The number of aliphatic hydroxyl groups excluding tert-OH is 1. The summed E-state index contributed by atoms with van der Waals surface area (Å²) in [5.74, 6) is 0.403. The van der Waals surface area contributed by atoms with Crippen molar-refractivity contribution in [2.24, 2.45) is 0 Å². The predicted molar refractivity (Wildman–Crippen MR) is 80.8 cm³/mol. The van der Waals surface area contributed by atoms with Gasteiger partial charge in [-0.15, -0.1) is 0 Å². The molecule has 1 unspecified atom stereocenters. The maximum atomic E-state index is 9.82. The summed E-state index contributed by atoms with van der Waals surface area (Å²) in [4.78, 5) is 0. The van der Waals surface area contributed by atoms with Crippen molar-refractivity contribution in [3.05, 3.63) is 45.1 Å². The minimum atomic E-state index is -0.646. The van der Waals surface area contributed by atoms with Gasteiger partial charge < -0.3 is 15.2 Å². The van der Waals surface area contributed by atoms with Crippen LogP contribution in [0.1, 0.15) is 0 Å². The molecule has 6 heteroatoms. The van der Waals surface area contributed by atoms with Crippen molar-refractivity contribution < 1.29 is 9.84 Å². The van der Waals surface area contributed by atoms with Crippen LogP contribution in [0.15, 0.2) is 35.0 Å². The smallest absolute Gasteiger partial charge is 0.156 e. The average Bonchev–Trinajstić information content (AvgIpc) is 2.89. The van der Waals surface area contributed by atoms with Gasteiger partial charge in [-0.25, -0.2) is 0 Å². The van der Waals surface area contributed by atoms with E-state index < -0.39 is 6.10 Å². The van der Waals surface area contributed by atoms with Crippen molar-refractivity contribution in [1.29, 1.82) is 0 Å². The van der Waals surface area contributed by atoms with Crippen LogP contribution in [0.25, 0.3) is 0 Å². The second kappa shape index (κ2) is 7.01. The van der Waals surface area contributed by atoms with Gasteiger partial charge in [0.2, 0.25) is 0 Å². The molecule has 0 aliphatic rings. The predicted octanol–water partition coefficient (Wildman–Crippen LogP) is 3.91. The summed E-state index contributed by atoms with van der Waals surface area (Å²) in [6.07, 6.45) is -0.646. The number of thiophene rings is 1. The van der Waals surface area contributed by atoms with Crippen molar-refractivity contribution >= 4 is 40.2 Å². The topological polar surface area (TPSA) is 41.5 Å². The molecule has 2 aromatic rings. The number of hydrogen-bond acceptors (Lipinski definition) is 4. The van der Waals surface area contributed by atoms with Gasteiger partial charge in [-0.2, -0.15) is 11.3 Å². The molecule has 3 nitrogen and oxygen atoms in total. The summed E-state index contributed by atoms with van der Waals surface area (Å²) in [5, 5.41) is 17.7. The number of halogens is 2. The molecule has 1 aromatic heterocycles. The lowest BCUT2D eigenvalue weighted by Crippen LogP contribution is -2.26. The van der Waals surface area contributed by atoms with Crippen LogP contribution < -0.4 is 10.1 Å². The summed E-state index contributed by atoms with van der Waals surface area (Å²) >= 11 is 13.5. The first-order valence-corrected chi connectivity index (χ1v) is 7.37. The van der Waals surface area contributed by atoms with Gasteiger partial charge >= 0.3 is 0 Å². The molecule has 1 aromatic carbocycles. The van der Waals surface area contributed by atoms with Crippen molar-refractivity contribution in [3.63, 3.8) is 0 Å². The van der Waals surface area contributed by atoms with Crippen molar-refractivity contribution in [2.75, 3.05) is 18.5 Å². The first-order chi connectivity index (χ1) is 9.16. The number of aliphatic hydroxyl groups is 1. The van der Waals surface area contributed by atoms with Crippen LogP contribution in [0.2, 0.25) is 10.0 Å². The van der Waals surface area contributed by atoms with Crippen LogP contribution >= 0.6 is 34.5 Å². The maximum Gasteiger partial charge on any atom is 0.156 e. The zero-order valence-electron chi connectivity index (χ0n) is 9.98. The molecule has 0 spiro atoms. The lowest BCUT2D eigenvalue weighted by Gasteiger charge is -2.14. The van der Waals surface area contributed by atoms with Crippen LogP contribution in [-0.2, 0) is 0 Å². The number of rotatable bonds is 6. The Hall–Kier alpha value is -0.940. The zero-order chi connectivity index (χ0) is 13.7. The maximum absolute atomic E-state index is 9.82. The molecule has 0 saturated heterocycles. The average molecular weight is 318 g/mol. The van der Waals surface area contributed by atoms with Gasteiger partial charge in [0.1, 0.15) is 12.7 Å². The lowest BCUT2D eigenvalue weighted by atomic mass is 10.3. The Bertz CT molecular complexity index is 499. The molecule has 0 amide bonds. The fraction of sp³-hybridized carbons (Fsp3) is 0.231. The molecular weight excluding hydrogens is 305 g/mol. The van der Waals surface area contributed by atoms with Gasteiger partial charge in [0.25, 0.3) is 0 Å². The Labute approximate surface area is 125 Å². The quantitative estimate of drug-likeness (QED) is 0.848. The second-order valence-electron chi connectivity index (χ2n) is 3.91. The first kappa shape index (κ1) is 14.5. The van der Waals surface area contributed by atoms with Crippen LogP contribution in [0, 0.1) is 0 Å².